The van der Waals surface area contributed by atoms with Crippen LogP contribution >= 0.6 is 11.6 Å². The van der Waals surface area contributed by atoms with Gasteiger partial charge in [0, 0.05) is 5.02 Å². The van der Waals surface area contributed by atoms with E-state index in [1.165, 1.54) is 6.08 Å². The van der Waals surface area contributed by atoms with Crippen molar-refractivity contribution >= 4 is 29.4 Å². The second-order valence-electron chi connectivity index (χ2n) is 3.37. The first-order chi connectivity index (χ1) is 7.59. The van der Waals surface area contributed by atoms with Gasteiger partial charge in [-0.2, -0.15) is 0 Å². The number of hydrogen-bond acceptors (Lipinski definition) is 3. The molecular weight excluding hydrogens is 226 g/mol. The Kier molecular flexibility index (Phi) is 2.62. The molecule has 0 fully saturated rings. The summed E-state index contributed by atoms with van der Waals surface area (Å²) in [6, 6.07) is 7.14. The summed E-state index contributed by atoms with van der Waals surface area (Å²) in [5.41, 5.74) is 5.39. The summed E-state index contributed by atoms with van der Waals surface area (Å²) in [6.07, 6.45) is 3.23. The van der Waals surface area contributed by atoms with E-state index in [0.717, 1.165) is 5.56 Å². The molecule has 2 rings (SSSR count). The van der Waals surface area contributed by atoms with E-state index in [9.17, 15) is 9.59 Å². The first-order valence-electron chi connectivity index (χ1n) is 4.62. The minimum atomic E-state index is -0.606. The quantitative estimate of drug-likeness (QED) is 0.803. The third-order valence-electron chi connectivity index (χ3n) is 2.28. The fraction of sp³-hybridized carbons (Fsp3) is 0. The van der Waals surface area contributed by atoms with Crippen LogP contribution in [0.2, 0.25) is 5.02 Å². The van der Waals surface area contributed by atoms with Crippen molar-refractivity contribution in [3.8, 4) is 0 Å². The van der Waals surface area contributed by atoms with Crippen molar-refractivity contribution in [1.29, 1.82) is 0 Å². The predicted molar refractivity (Wildman–Crippen MR) is 66.1 cm³/mol. The molecule has 80 valence electrons. The number of nitrogen functional groups attached to an aromatic ring is 1. The Morgan fingerprint density at radius 3 is 2.50 bits per heavy atom. The van der Waals surface area contributed by atoms with Crippen molar-refractivity contribution in [2.45, 2.75) is 0 Å². The number of halogens is 1. The van der Waals surface area contributed by atoms with Crippen LogP contribution in [0.1, 0.15) is 11.1 Å². The highest BCUT2D eigenvalue weighted by atomic mass is 35.5. The van der Waals surface area contributed by atoms with E-state index < -0.39 is 10.9 Å². The first-order valence-corrected chi connectivity index (χ1v) is 5.00. The van der Waals surface area contributed by atoms with Gasteiger partial charge in [-0.15, -0.1) is 0 Å². The average Bonchev–Trinajstić information content (AvgIpc) is 2.28. The summed E-state index contributed by atoms with van der Waals surface area (Å²) in [4.78, 5) is 21.9. The van der Waals surface area contributed by atoms with Crippen molar-refractivity contribution in [3.63, 3.8) is 0 Å². The van der Waals surface area contributed by atoms with E-state index in [-0.39, 0.29) is 11.3 Å². The summed E-state index contributed by atoms with van der Waals surface area (Å²) in [7, 11) is 0. The zero-order valence-corrected chi connectivity index (χ0v) is 8.99. The third kappa shape index (κ3) is 1.77. The van der Waals surface area contributed by atoms with Gasteiger partial charge in [-0.1, -0.05) is 29.8 Å². The van der Waals surface area contributed by atoms with Crippen molar-refractivity contribution in [3.05, 3.63) is 60.9 Å². The maximum atomic E-state index is 11.1. The molecule has 0 saturated carbocycles. The number of anilines is 1. The van der Waals surface area contributed by atoms with Gasteiger partial charge in [0.25, 0.3) is 0 Å². The van der Waals surface area contributed by atoms with Crippen LogP contribution in [0, 0.1) is 0 Å². The van der Waals surface area contributed by atoms with Crippen LogP contribution in [0.4, 0.5) is 5.69 Å². The highest BCUT2D eigenvalue weighted by molar-refractivity contribution is 6.30. The van der Waals surface area contributed by atoms with Gasteiger partial charge in [0.05, 0.1) is 11.3 Å². The van der Waals surface area contributed by atoms with Crippen LogP contribution < -0.4 is 16.6 Å². The van der Waals surface area contributed by atoms with Crippen LogP contribution in [-0.4, -0.2) is 0 Å². The van der Waals surface area contributed by atoms with Gasteiger partial charge in [0.2, 0.25) is 10.9 Å². The van der Waals surface area contributed by atoms with Crippen LogP contribution in [-0.2, 0) is 0 Å². The second kappa shape index (κ2) is 3.94. The van der Waals surface area contributed by atoms with Crippen LogP contribution in [0.3, 0.4) is 0 Å². The summed E-state index contributed by atoms with van der Waals surface area (Å²) in [5, 5.41) is 0.611. The monoisotopic (exact) mass is 233 g/mol. The van der Waals surface area contributed by atoms with E-state index in [1.54, 1.807) is 24.3 Å². The molecule has 0 aliphatic heterocycles. The van der Waals surface area contributed by atoms with Gasteiger partial charge < -0.3 is 5.73 Å². The molecule has 0 bridgehead atoms. The summed E-state index contributed by atoms with van der Waals surface area (Å²) < 4.78 is 0. The van der Waals surface area contributed by atoms with Crippen LogP contribution in [0.25, 0.3) is 12.2 Å². The van der Waals surface area contributed by atoms with Crippen molar-refractivity contribution in [2.24, 2.45) is 0 Å². The largest absolute Gasteiger partial charge is 0.395 e. The predicted octanol–water partition coefficient (Wildman–Crippen LogP) is 1.69. The third-order valence-corrected chi connectivity index (χ3v) is 2.51. The summed E-state index contributed by atoms with van der Waals surface area (Å²) in [6.45, 7) is 0. The maximum absolute atomic E-state index is 11.1. The summed E-state index contributed by atoms with van der Waals surface area (Å²) >= 11 is 5.80. The van der Waals surface area contributed by atoms with Crippen molar-refractivity contribution in [2.75, 3.05) is 5.73 Å². The topological polar surface area (TPSA) is 60.2 Å². The lowest BCUT2D eigenvalue weighted by Gasteiger charge is -2.00. The zero-order valence-electron chi connectivity index (χ0n) is 8.24. The maximum Gasteiger partial charge on any atom is 0.249 e. The average molecular weight is 234 g/mol. The van der Waals surface area contributed by atoms with Crippen molar-refractivity contribution in [1.82, 2.24) is 0 Å². The molecule has 0 atom stereocenters. The first kappa shape index (κ1) is 10.6. The SMILES string of the molecule is Nc1c(C=Cc2cccc(Cl)c2)c(=O)c1=O. The minimum absolute atomic E-state index is 0.0308. The molecule has 0 spiro atoms. The van der Waals surface area contributed by atoms with E-state index in [4.69, 9.17) is 17.3 Å². The summed E-state index contributed by atoms with van der Waals surface area (Å²) in [5.74, 6) is 0. The fourth-order valence-electron chi connectivity index (χ4n) is 1.38. The Bertz CT molecular complexity index is 637. The molecule has 4 heteroatoms. The number of benzene rings is 1. The lowest BCUT2D eigenvalue weighted by atomic mass is 10.1. The molecule has 0 aliphatic carbocycles. The van der Waals surface area contributed by atoms with E-state index in [0.29, 0.717) is 5.02 Å². The number of rotatable bonds is 2. The molecule has 0 heterocycles. The van der Waals surface area contributed by atoms with E-state index >= 15 is 0 Å². The Balaban J connectivity index is 2.30. The lowest BCUT2D eigenvalue weighted by Crippen LogP contribution is -2.36. The molecule has 16 heavy (non-hydrogen) atoms. The van der Waals surface area contributed by atoms with Gasteiger partial charge in [-0.05, 0) is 23.8 Å². The Hall–Kier alpha value is -1.87. The Morgan fingerprint density at radius 2 is 1.88 bits per heavy atom. The van der Waals surface area contributed by atoms with Crippen LogP contribution in [0.5, 0.6) is 0 Å². The second-order valence-corrected chi connectivity index (χ2v) is 3.81. The van der Waals surface area contributed by atoms with Gasteiger partial charge in [0.1, 0.15) is 0 Å². The van der Waals surface area contributed by atoms with E-state index in [1.807, 2.05) is 6.07 Å². The molecule has 2 aromatic rings. The molecule has 3 nitrogen and oxygen atoms in total. The molecule has 2 aromatic carbocycles. The molecule has 2 N–H and O–H groups in total. The fourth-order valence-corrected chi connectivity index (χ4v) is 1.58. The van der Waals surface area contributed by atoms with Crippen molar-refractivity contribution < 1.29 is 0 Å². The normalized spacial score (nSPS) is 11.3. The van der Waals surface area contributed by atoms with Gasteiger partial charge in [0.15, 0.2) is 0 Å². The highest BCUT2D eigenvalue weighted by Gasteiger charge is 2.14. The molecule has 0 amide bonds. The number of nitrogens with two attached hydrogens (primary N) is 1. The highest BCUT2D eigenvalue weighted by Crippen LogP contribution is 2.14. The Labute approximate surface area is 96.5 Å². The molecule has 0 aliphatic rings. The van der Waals surface area contributed by atoms with E-state index in [2.05, 4.69) is 0 Å². The number of hydrogen-bond donors (Lipinski definition) is 1. The molecule has 0 aromatic heterocycles. The zero-order chi connectivity index (χ0) is 11.7. The Morgan fingerprint density at radius 1 is 1.12 bits per heavy atom. The smallest absolute Gasteiger partial charge is 0.249 e. The molecule has 0 unspecified atom stereocenters. The molecular formula is C12H8ClNO2. The van der Waals surface area contributed by atoms with Gasteiger partial charge in [-0.3, -0.25) is 9.59 Å². The lowest BCUT2D eigenvalue weighted by molar-refractivity contribution is 1.39. The van der Waals surface area contributed by atoms with Gasteiger partial charge in [-0.25, -0.2) is 0 Å². The minimum Gasteiger partial charge on any atom is -0.395 e. The van der Waals surface area contributed by atoms with Crippen LogP contribution in [0.15, 0.2) is 33.9 Å². The molecule has 0 saturated heterocycles. The molecule has 0 radical (unpaired) electrons. The standard InChI is InChI=1S/C12H8ClNO2/c13-8-3-1-2-7(6-8)4-5-9-10(14)12(16)11(9)15/h1-6H,14H2. The van der Waals surface area contributed by atoms with Gasteiger partial charge >= 0.3 is 0 Å².